The third-order valence-electron chi connectivity index (χ3n) is 3.11. The predicted octanol–water partition coefficient (Wildman–Crippen LogP) is 1.23. The van der Waals surface area contributed by atoms with Gasteiger partial charge in [-0.05, 0) is 13.8 Å². The molecule has 7 nitrogen and oxygen atoms in total. The van der Waals surface area contributed by atoms with Crippen LogP contribution in [-0.2, 0) is 23.6 Å². The lowest BCUT2D eigenvalue weighted by atomic mass is 10.4. The zero-order valence-corrected chi connectivity index (χ0v) is 13.2. The Kier molecular flexibility index (Phi) is 3.90. The van der Waals surface area contributed by atoms with E-state index in [1.165, 1.54) is 17.5 Å². The fourth-order valence-electron chi connectivity index (χ4n) is 1.99. The van der Waals surface area contributed by atoms with Crippen molar-refractivity contribution in [2.45, 2.75) is 25.3 Å². The van der Waals surface area contributed by atoms with Crippen LogP contribution in [0.3, 0.4) is 0 Å². The lowest BCUT2D eigenvalue weighted by Gasteiger charge is -2.17. The standard InChI is InChI=1S/C11H16ClN5O2S/c1-7-11(8(2)15-14-7)20(18,19)16(3)6-10-9(12)5-13-17(10)4/h5H,6H2,1-4H3,(H,14,15). The highest BCUT2D eigenvalue weighted by Crippen LogP contribution is 2.23. The van der Waals surface area contributed by atoms with Crippen LogP contribution in [0.1, 0.15) is 17.1 Å². The molecule has 0 aliphatic carbocycles. The van der Waals surface area contributed by atoms with Gasteiger partial charge in [-0.25, -0.2) is 8.42 Å². The Morgan fingerprint density at radius 1 is 1.45 bits per heavy atom. The minimum absolute atomic E-state index is 0.141. The molecule has 0 bridgehead atoms. The summed E-state index contributed by atoms with van der Waals surface area (Å²) >= 11 is 6.00. The maximum absolute atomic E-state index is 12.6. The molecule has 0 saturated carbocycles. The van der Waals surface area contributed by atoms with Gasteiger partial charge in [0.2, 0.25) is 10.0 Å². The van der Waals surface area contributed by atoms with Crippen molar-refractivity contribution in [1.82, 2.24) is 24.3 Å². The number of rotatable bonds is 4. The van der Waals surface area contributed by atoms with Crippen LogP contribution < -0.4 is 0 Å². The van der Waals surface area contributed by atoms with Crippen LogP contribution in [0, 0.1) is 13.8 Å². The van der Waals surface area contributed by atoms with Crippen LogP contribution in [0.2, 0.25) is 5.02 Å². The highest BCUT2D eigenvalue weighted by atomic mass is 35.5. The molecule has 1 N–H and O–H groups in total. The van der Waals surface area contributed by atoms with Crippen molar-refractivity contribution in [2.24, 2.45) is 7.05 Å². The number of halogens is 1. The van der Waals surface area contributed by atoms with Crippen LogP contribution >= 0.6 is 11.6 Å². The molecule has 0 aliphatic heterocycles. The van der Waals surface area contributed by atoms with E-state index in [0.717, 1.165) is 0 Å². The number of hydrogen-bond donors (Lipinski definition) is 1. The quantitative estimate of drug-likeness (QED) is 0.919. The molecule has 0 atom stereocenters. The minimum Gasteiger partial charge on any atom is -0.281 e. The molecule has 0 aromatic carbocycles. The number of nitrogens with zero attached hydrogens (tertiary/aromatic N) is 4. The van der Waals surface area contributed by atoms with Gasteiger partial charge >= 0.3 is 0 Å². The summed E-state index contributed by atoms with van der Waals surface area (Å²) in [5.41, 5.74) is 1.60. The van der Waals surface area contributed by atoms with E-state index >= 15 is 0 Å². The summed E-state index contributed by atoms with van der Waals surface area (Å²) in [5, 5.41) is 11.0. The molecule has 2 aromatic heterocycles. The van der Waals surface area contributed by atoms with E-state index in [4.69, 9.17) is 11.6 Å². The van der Waals surface area contributed by atoms with E-state index in [-0.39, 0.29) is 11.4 Å². The van der Waals surface area contributed by atoms with E-state index in [1.807, 2.05) is 0 Å². The molecular formula is C11H16ClN5O2S. The second kappa shape index (κ2) is 5.19. The van der Waals surface area contributed by atoms with Gasteiger partial charge in [-0.15, -0.1) is 0 Å². The number of aryl methyl sites for hydroxylation is 3. The fraction of sp³-hybridized carbons (Fsp3) is 0.455. The number of sulfonamides is 1. The van der Waals surface area contributed by atoms with E-state index in [2.05, 4.69) is 15.3 Å². The monoisotopic (exact) mass is 317 g/mol. The number of hydrogen-bond acceptors (Lipinski definition) is 4. The third kappa shape index (κ3) is 2.46. The third-order valence-corrected chi connectivity index (χ3v) is 5.49. The Labute approximate surface area is 122 Å². The SMILES string of the molecule is Cc1n[nH]c(C)c1S(=O)(=O)N(C)Cc1c(Cl)cnn1C. The van der Waals surface area contributed by atoms with Gasteiger partial charge in [0.15, 0.2) is 0 Å². The second-order valence-electron chi connectivity index (χ2n) is 4.59. The summed E-state index contributed by atoms with van der Waals surface area (Å²) < 4.78 is 27.9. The molecule has 9 heteroatoms. The average Bonchev–Trinajstić information content (AvgIpc) is 2.86. The Morgan fingerprint density at radius 2 is 2.10 bits per heavy atom. The summed E-state index contributed by atoms with van der Waals surface area (Å²) in [6.07, 6.45) is 1.49. The normalized spacial score (nSPS) is 12.3. The van der Waals surface area contributed by atoms with Gasteiger partial charge in [-0.1, -0.05) is 11.6 Å². The summed E-state index contributed by atoms with van der Waals surface area (Å²) in [4.78, 5) is 0.207. The van der Waals surface area contributed by atoms with Gasteiger partial charge in [0.05, 0.1) is 34.8 Å². The minimum atomic E-state index is -3.63. The zero-order valence-electron chi connectivity index (χ0n) is 11.7. The first-order valence-electron chi connectivity index (χ1n) is 5.89. The molecule has 2 aromatic rings. The Morgan fingerprint density at radius 3 is 2.55 bits per heavy atom. The van der Waals surface area contributed by atoms with Gasteiger partial charge in [-0.2, -0.15) is 14.5 Å². The van der Waals surface area contributed by atoms with Crippen LogP contribution in [0.25, 0.3) is 0 Å². The first-order valence-corrected chi connectivity index (χ1v) is 7.71. The highest BCUT2D eigenvalue weighted by Gasteiger charge is 2.28. The molecule has 2 rings (SSSR count). The molecule has 110 valence electrons. The molecular weight excluding hydrogens is 302 g/mol. The number of aromatic amines is 1. The largest absolute Gasteiger partial charge is 0.281 e. The van der Waals surface area contributed by atoms with Gasteiger partial charge in [0, 0.05) is 14.1 Å². The van der Waals surface area contributed by atoms with Crippen molar-refractivity contribution in [1.29, 1.82) is 0 Å². The van der Waals surface area contributed by atoms with Crippen molar-refractivity contribution in [3.05, 3.63) is 28.3 Å². The van der Waals surface area contributed by atoms with Crippen LogP contribution in [0.5, 0.6) is 0 Å². The number of aromatic nitrogens is 4. The van der Waals surface area contributed by atoms with Gasteiger partial charge in [0.1, 0.15) is 4.90 Å². The van der Waals surface area contributed by atoms with Gasteiger partial charge < -0.3 is 0 Å². The summed E-state index contributed by atoms with van der Waals surface area (Å²) in [6.45, 7) is 3.47. The van der Waals surface area contributed by atoms with E-state index in [0.29, 0.717) is 22.1 Å². The molecule has 0 saturated heterocycles. The number of nitrogens with one attached hydrogen (secondary N) is 1. The summed E-state index contributed by atoms with van der Waals surface area (Å²) in [6, 6.07) is 0. The first-order chi connectivity index (χ1) is 9.25. The lowest BCUT2D eigenvalue weighted by Crippen LogP contribution is -2.28. The van der Waals surface area contributed by atoms with Crippen molar-refractivity contribution < 1.29 is 8.42 Å². The average molecular weight is 318 g/mol. The van der Waals surface area contributed by atoms with Gasteiger partial charge in [0.25, 0.3) is 0 Å². The van der Waals surface area contributed by atoms with Crippen molar-refractivity contribution >= 4 is 21.6 Å². The van der Waals surface area contributed by atoms with Crippen molar-refractivity contribution in [2.75, 3.05) is 7.05 Å². The molecule has 0 amide bonds. The van der Waals surface area contributed by atoms with Crippen molar-refractivity contribution in [3.63, 3.8) is 0 Å². The van der Waals surface area contributed by atoms with Crippen LogP contribution in [0.15, 0.2) is 11.1 Å². The first kappa shape index (κ1) is 15.0. The Bertz CT molecular complexity index is 695. The van der Waals surface area contributed by atoms with Crippen molar-refractivity contribution in [3.8, 4) is 0 Å². The topological polar surface area (TPSA) is 83.9 Å². The molecule has 0 spiro atoms. The molecule has 0 unspecified atom stereocenters. The lowest BCUT2D eigenvalue weighted by molar-refractivity contribution is 0.452. The van der Waals surface area contributed by atoms with Gasteiger partial charge in [-0.3, -0.25) is 9.78 Å². The fourth-order valence-corrected chi connectivity index (χ4v) is 3.67. The van der Waals surface area contributed by atoms with E-state index in [1.54, 1.807) is 25.6 Å². The maximum atomic E-state index is 12.6. The van der Waals surface area contributed by atoms with E-state index < -0.39 is 10.0 Å². The molecule has 0 aliphatic rings. The van der Waals surface area contributed by atoms with Crippen LogP contribution in [-0.4, -0.2) is 39.7 Å². The summed E-state index contributed by atoms with van der Waals surface area (Å²) in [7, 11) is -0.404. The van der Waals surface area contributed by atoms with E-state index in [9.17, 15) is 8.42 Å². The Balaban J connectivity index is 2.36. The molecule has 20 heavy (non-hydrogen) atoms. The predicted molar refractivity (Wildman–Crippen MR) is 74.9 cm³/mol. The molecule has 0 fully saturated rings. The second-order valence-corrected chi connectivity index (χ2v) is 6.98. The number of H-pyrrole nitrogens is 1. The smallest absolute Gasteiger partial charge is 0.246 e. The Hall–Kier alpha value is -1.38. The maximum Gasteiger partial charge on any atom is 0.246 e. The van der Waals surface area contributed by atoms with Crippen LogP contribution in [0.4, 0.5) is 0 Å². The zero-order chi connectivity index (χ0) is 15.1. The summed E-state index contributed by atoms with van der Waals surface area (Å²) in [5.74, 6) is 0. The highest BCUT2D eigenvalue weighted by molar-refractivity contribution is 7.89. The molecule has 0 radical (unpaired) electrons. The molecule has 2 heterocycles.